The fourth-order valence-corrected chi connectivity index (χ4v) is 2.87. The van der Waals surface area contributed by atoms with Crippen LogP contribution in [0.5, 0.6) is 11.5 Å². The van der Waals surface area contributed by atoms with E-state index >= 15 is 0 Å². The van der Waals surface area contributed by atoms with Gasteiger partial charge in [-0.25, -0.2) is 0 Å². The lowest BCUT2D eigenvalue weighted by molar-refractivity contribution is -0.142. The van der Waals surface area contributed by atoms with Crippen molar-refractivity contribution in [2.45, 2.75) is 13.5 Å². The van der Waals surface area contributed by atoms with E-state index in [-0.39, 0.29) is 16.7 Å². The first-order valence-electron chi connectivity index (χ1n) is 8.80. The van der Waals surface area contributed by atoms with E-state index in [0.717, 1.165) is 6.07 Å². The number of rotatable bonds is 6. The molecular weight excluding hydrogens is 372 g/mol. The Labute approximate surface area is 167 Å². The van der Waals surface area contributed by atoms with Gasteiger partial charge in [-0.05, 0) is 6.07 Å². The number of hydrogen-bond donors (Lipinski definition) is 2. The molecule has 0 saturated heterocycles. The van der Waals surface area contributed by atoms with Crippen molar-refractivity contribution in [3.8, 4) is 11.5 Å². The Morgan fingerprint density at radius 1 is 0.759 bits per heavy atom. The zero-order chi connectivity index (χ0) is 21.0. The van der Waals surface area contributed by atoms with Crippen molar-refractivity contribution in [3.63, 3.8) is 0 Å². The molecule has 146 valence electrons. The summed E-state index contributed by atoms with van der Waals surface area (Å²) in [5.74, 6) is -2.78. The van der Waals surface area contributed by atoms with E-state index in [9.17, 15) is 24.6 Å². The largest absolute Gasteiger partial charge is 0.507 e. The molecule has 0 atom stereocenters. The first kappa shape index (κ1) is 19.8. The van der Waals surface area contributed by atoms with Crippen LogP contribution >= 0.6 is 0 Å². The van der Waals surface area contributed by atoms with E-state index < -0.39 is 35.6 Å². The minimum absolute atomic E-state index is 0.171. The van der Waals surface area contributed by atoms with Gasteiger partial charge in [-0.1, -0.05) is 60.7 Å². The van der Waals surface area contributed by atoms with E-state index in [1.165, 1.54) is 6.92 Å². The first-order valence-corrected chi connectivity index (χ1v) is 8.80. The molecule has 0 unspecified atom stereocenters. The average molecular weight is 390 g/mol. The molecule has 0 saturated carbocycles. The fraction of sp³-hybridized carbons (Fsp3) is 0.0870. The molecule has 6 nitrogen and oxygen atoms in total. The van der Waals surface area contributed by atoms with Gasteiger partial charge in [0.15, 0.2) is 11.6 Å². The van der Waals surface area contributed by atoms with Crippen LogP contribution in [0.15, 0.2) is 66.7 Å². The van der Waals surface area contributed by atoms with Crippen LogP contribution in [-0.2, 0) is 16.1 Å². The van der Waals surface area contributed by atoms with E-state index in [2.05, 4.69) is 0 Å². The lowest BCUT2D eigenvalue weighted by atomic mass is 9.93. The van der Waals surface area contributed by atoms with E-state index in [4.69, 9.17) is 4.74 Å². The van der Waals surface area contributed by atoms with Gasteiger partial charge >= 0.3 is 5.97 Å². The maximum Gasteiger partial charge on any atom is 0.302 e. The molecule has 3 aromatic carbocycles. The summed E-state index contributed by atoms with van der Waals surface area (Å²) in [6.45, 7) is 0.682. The molecule has 0 amide bonds. The normalized spacial score (nSPS) is 10.4. The second-order valence-corrected chi connectivity index (χ2v) is 6.32. The van der Waals surface area contributed by atoms with Crippen LogP contribution in [0.1, 0.15) is 44.3 Å². The highest BCUT2D eigenvalue weighted by Gasteiger charge is 2.26. The molecule has 2 N–H and O–H groups in total. The van der Waals surface area contributed by atoms with Crippen LogP contribution in [0.4, 0.5) is 0 Å². The Bertz CT molecular complexity index is 996. The maximum atomic E-state index is 12.9. The SMILES string of the molecule is CC(=O)OCc1c(O)c(C(=O)c2ccccc2)cc(C(=O)c2ccccc2)c1O. The van der Waals surface area contributed by atoms with Crippen molar-refractivity contribution in [2.24, 2.45) is 0 Å². The highest BCUT2D eigenvalue weighted by atomic mass is 16.5. The molecule has 0 fully saturated rings. The number of carbonyl (C=O) groups excluding carboxylic acids is 3. The topological polar surface area (TPSA) is 101 Å². The third kappa shape index (κ3) is 4.16. The molecule has 0 bridgehead atoms. The molecule has 0 aliphatic rings. The van der Waals surface area contributed by atoms with Gasteiger partial charge in [0.05, 0.1) is 16.7 Å². The zero-order valence-electron chi connectivity index (χ0n) is 15.6. The van der Waals surface area contributed by atoms with Crippen molar-refractivity contribution in [1.29, 1.82) is 0 Å². The van der Waals surface area contributed by atoms with Crippen molar-refractivity contribution in [2.75, 3.05) is 0 Å². The number of phenolic OH excluding ortho intramolecular Hbond substituents is 2. The predicted octanol–water partition coefficient (Wildman–Crippen LogP) is 3.62. The number of ether oxygens (including phenoxy) is 1. The second-order valence-electron chi connectivity index (χ2n) is 6.32. The summed E-state index contributed by atoms with van der Waals surface area (Å²) in [4.78, 5) is 37.0. The van der Waals surface area contributed by atoms with E-state index in [1.807, 2.05) is 0 Å². The summed E-state index contributed by atoms with van der Waals surface area (Å²) in [5.41, 5.74) is 0.0437. The monoisotopic (exact) mass is 390 g/mol. The van der Waals surface area contributed by atoms with Crippen LogP contribution in [0, 0.1) is 0 Å². The molecule has 0 aliphatic carbocycles. The smallest absolute Gasteiger partial charge is 0.302 e. The molecular formula is C23H18O6. The summed E-state index contributed by atoms with van der Waals surface area (Å²) in [6, 6.07) is 17.6. The van der Waals surface area contributed by atoms with Crippen molar-refractivity contribution >= 4 is 17.5 Å². The number of esters is 1. The van der Waals surface area contributed by atoms with Crippen molar-refractivity contribution in [1.82, 2.24) is 0 Å². The Morgan fingerprint density at radius 3 is 1.55 bits per heavy atom. The summed E-state index contributed by atoms with van der Waals surface area (Å²) in [5, 5.41) is 21.2. The lowest BCUT2D eigenvalue weighted by Gasteiger charge is -2.15. The molecule has 6 heteroatoms. The van der Waals surface area contributed by atoms with Crippen molar-refractivity contribution in [3.05, 3.63) is 94.5 Å². The first-order chi connectivity index (χ1) is 13.9. The Morgan fingerprint density at radius 2 is 1.17 bits per heavy atom. The molecule has 0 heterocycles. The molecule has 0 spiro atoms. The molecule has 0 aromatic heterocycles. The molecule has 3 aromatic rings. The standard InChI is InChI=1S/C23H18O6/c1-14(24)29-13-19-22(27)17(20(25)15-8-4-2-5-9-15)12-18(23(19)28)21(26)16-10-6-3-7-11-16/h2-12,27-28H,13H2,1H3. The molecule has 0 aliphatic heterocycles. The molecule has 3 rings (SSSR count). The number of aromatic hydroxyl groups is 2. The highest BCUT2D eigenvalue weighted by Crippen LogP contribution is 2.37. The summed E-state index contributed by atoms with van der Waals surface area (Å²) in [7, 11) is 0. The number of phenols is 2. The fourth-order valence-electron chi connectivity index (χ4n) is 2.87. The average Bonchev–Trinajstić information content (AvgIpc) is 2.74. The minimum atomic E-state index is -0.639. The number of benzene rings is 3. The molecule has 0 radical (unpaired) electrons. The van der Waals surface area contributed by atoms with E-state index in [1.54, 1.807) is 60.7 Å². The number of ketones is 2. The molecule has 29 heavy (non-hydrogen) atoms. The Kier molecular flexibility index (Phi) is 5.74. The Hall–Kier alpha value is -3.93. The lowest BCUT2D eigenvalue weighted by Crippen LogP contribution is -2.10. The van der Waals surface area contributed by atoms with Crippen LogP contribution < -0.4 is 0 Å². The highest BCUT2D eigenvalue weighted by molar-refractivity contribution is 6.16. The number of hydrogen-bond acceptors (Lipinski definition) is 6. The van der Waals surface area contributed by atoms with E-state index in [0.29, 0.717) is 11.1 Å². The van der Waals surface area contributed by atoms with Gasteiger partial charge in [0.25, 0.3) is 0 Å². The van der Waals surface area contributed by atoms with Crippen molar-refractivity contribution < 1.29 is 29.3 Å². The summed E-state index contributed by atoms with van der Waals surface area (Å²) >= 11 is 0. The van der Waals surface area contributed by atoms with Crippen LogP contribution in [0.2, 0.25) is 0 Å². The van der Waals surface area contributed by atoms with Gasteiger partial charge in [0.1, 0.15) is 18.1 Å². The zero-order valence-corrected chi connectivity index (χ0v) is 15.6. The van der Waals surface area contributed by atoms with Gasteiger partial charge in [-0.3, -0.25) is 14.4 Å². The summed E-state index contributed by atoms with van der Waals surface area (Å²) < 4.78 is 4.89. The van der Waals surface area contributed by atoms with Crippen LogP contribution in [0.25, 0.3) is 0 Å². The number of carbonyl (C=O) groups is 3. The van der Waals surface area contributed by atoms with Gasteiger partial charge in [0, 0.05) is 18.1 Å². The van der Waals surface area contributed by atoms with Gasteiger partial charge in [-0.2, -0.15) is 0 Å². The summed E-state index contributed by atoms with van der Waals surface area (Å²) in [6.07, 6.45) is 0. The third-order valence-electron chi connectivity index (χ3n) is 4.35. The third-order valence-corrected chi connectivity index (χ3v) is 4.35. The van der Waals surface area contributed by atoms with Gasteiger partial charge < -0.3 is 14.9 Å². The van der Waals surface area contributed by atoms with Crippen LogP contribution in [0.3, 0.4) is 0 Å². The Balaban J connectivity index is 2.17. The minimum Gasteiger partial charge on any atom is -0.507 e. The predicted molar refractivity (Wildman–Crippen MR) is 105 cm³/mol. The maximum absolute atomic E-state index is 12.9. The van der Waals surface area contributed by atoms with Gasteiger partial charge in [-0.15, -0.1) is 0 Å². The quantitative estimate of drug-likeness (QED) is 0.492. The van der Waals surface area contributed by atoms with Gasteiger partial charge in [0.2, 0.25) is 0 Å². The second kappa shape index (κ2) is 8.39. The van der Waals surface area contributed by atoms with Crippen LogP contribution in [-0.4, -0.2) is 27.7 Å².